The topological polar surface area (TPSA) is 69.6 Å². The van der Waals surface area contributed by atoms with Crippen molar-refractivity contribution in [2.75, 3.05) is 0 Å². The van der Waals surface area contributed by atoms with E-state index in [2.05, 4.69) is 102 Å². The molecule has 5 heterocycles. The maximum absolute atomic E-state index is 8.38. The third-order valence-corrected chi connectivity index (χ3v) is 15.3. The molecule has 0 fully saturated rings. The monoisotopic (exact) mass is 1070 g/mol. The van der Waals surface area contributed by atoms with Crippen molar-refractivity contribution in [1.29, 1.82) is 0 Å². The van der Waals surface area contributed by atoms with Gasteiger partial charge in [0.25, 0.3) is 0 Å². The number of imidazole rings is 1. The van der Waals surface area contributed by atoms with Crippen molar-refractivity contribution in [3.63, 3.8) is 0 Å². The first-order chi connectivity index (χ1) is 32.7. The van der Waals surface area contributed by atoms with E-state index in [1.54, 1.807) is 18.2 Å². The van der Waals surface area contributed by atoms with E-state index >= 15 is 0 Å². The molecule has 9 aromatic rings. The molecule has 0 saturated carbocycles. The van der Waals surface area contributed by atoms with Gasteiger partial charge in [-0.1, -0.05) is 75.8 Å². The minimum absolute atomic E-state index is 0. The van der Waals surface area contributed by atoms with E-state index in [-0.39, 0.29) is 54.5 Å². The molecule has 0 aliphatic rings. The Morgan fingerprint density at radius 3 is 2.11 bits per heavy atom. The number of aromatic nitrogens is 5. The molecule has 9 rings (SSSR count). The fourth-order valence-electron chi connectivity index (χ4n) is 7.84. The van der Waals surface area contributed by atoms with Gasteiger partial charge in [0, 0.05) is 50.8 Å². The molecule has 0 saturated heterocycles. The van der Waals surface area contributed by atoms with E-state index in [0.717, 1.165) is 56.1 Å². The SMILES string of the molecule is [2H]C([2H])([2H])c1c[c-]c(-c2cc[c]([Ge]([CH3])([CH3])[CH3])cn2)cc1.[2H]C([2H])([2H])c1ccc2c(n1)oc1c(-c3nc4c(C)nc(C)cc4n3-c3c(C(C)C)cc(-c4ccccc4)cc3C(C)C)[c-]cc(C([2H])([2H])[2H])c12.[Ir]. The number of nitrogens with zero attached hydrogens (tertiary/aromatic N) is 5. The predicted molar refractivity (Wildman–Crippen MR) is 257 cm³/mol. The van der Waals surface area contributed by atoms with Gasteiger partial charge in [0.2, 0.25) is 5.71 Å². The van der Waals surface area contributed by atoms with Crippen LogP contribution in [0.1, 0.15) is 91.2 Å². The average molecular weight is 1060 g/mol. The van der Waals surface area contributed by atoms with Gasteiger partial charge in [-0.3, -0.25) is 9.97 Å². The molecule has 0 aliphatic heterocycles. The summed E-state index contributed by atoms with van der Waals surface area (Å²) in [5.41, 5.74) is 11.1. The van der Waals surface area contributed by atoms with Gasteiger partial charge < -0.3 is 8.98 Å². The summed E-state index contributed by atoms with van der Waals surface area (Å²) in [7, 11) is 0. The molecule has 62 heavy (non-hydrogen) atoms. The van der Waals surface area contributed by atoms with Crippen LogP contribution in [0.4, 0.5) is 0 Å². The Kier molecular flexibility index (Phi) is 9.89. The number of furan rings is 1. The third-order valence-electron chi connectivity index (χ3n) is 11.0. The van der Waals surface area contributed by atoms with Crippen molar-refractivity contribution in [2.45, 2.75) is 91.2 Å². The van der Waals surface area contributed by atoms with Crippen LogP contribution >= 0.6 is 0 Å². The van der Waals surface area contributed by atoms with Crippen LogP contribution in [-0.4, -0.2) is 37.8 Å². The van der Waals surface area contributed by atoms with E-state index in [1.807, 2.05) is 50.4 Å². The average Bonchev–Trinajstić information content (AvgIpc) is 3.86. The number of rotatable bonds is 7. The van der Waals surface area contributed by atoms with Crippen molar-refractivity contribution in [2.24, 2.45) is 0 Å². The zero-order valence-corrected chi connectivity index (χ0v) is 40.9. The first-order valence-electron chi connectivity index (χ1n) is 25.1. The van der Waals surface area contributed by atoms with Gasteiger partial charge in [0.15, 0.2) is 0 Å². The largest absolute Gasteiger partial charge is 0.486 e. The summed E-state index contributed by atoms with van der Waals surface area (Å²) in [6, 6.07) is 36.6. The molecule has 0 unspecified atom stereocenters. The standard InChI is InChI=1S/C39H37N4O.C15H18GeN.Ir/c1-21(2)31-19-28(27-12-10-9-11-13-27)20-32(22(3)4)36(31)43-33-18-25(7)40-26(8)35(33)42-38(43)30-16-14-23(5)34-29-17-15-24(6)41-39(29)44-37(30)34;1-12-5-7-13(8-6-12)15-10-9-14(11-17-15)16(2,3)4;/h9-15,17-22H,1-8H3;5-7,9-11H,1-4H3;/q2*-1;/i5D3,6D3;1D3;. The molecule has 4 aromatic carbocycles. The van der Waals surface area contributed by atoms with Crippen LogP contribution in [0.25, 0.3) is 72.6 Å². The van der Waals surface area contributed by atoms with E-state index in [0.29, 0.717) is 33.2 Å². The molecule has 5 aromatic heterocycles. The third kappa shape index (κ3) is 8.73. The summed E-state index contributed by atoms with van der Waals surface area (Å²) in [5.74, 6) is 7.73. The molecule has 1 radical (unpaired) electrons. The predicted octanol–water partition coefficient (Wildman–Crippen LogP) is 13.7. The van der Waals surface area contributed by atoms with Gasteiger partial charge in [-0.25, -0.2) is 4.98 Å². The van der Waals surface area contributed by atoms with E-state index in [9.17, 15) is 0 Å². The Hall–Kier alpha value is -5.21. The van der Waals surface area contributed by atoms with Crippen LogP contribution in [0, 0.1) is 46.5 Å². The normalized spacial score (nSPS) is 14.5. The van der Waals surface area contributed by atoms with Crippen molar-refractivity contribution in [3.8, 4) is 39.5 Å². The van der Waals surface area contributed by atoms with Crippen LogP contribution in [0.15, 0.2) is 108 Å². The van der Waals surface area contributed by atoms with E-state index in [1.165, 1.54) is 22.6 Å². The molecular formula is C54H55GeIrN5O-2. The number of aryl methyl sites for hydroxylation is 5. The zero-order chi connectivity index (χ0) is 50.8. The van der Waals surface area contributed by atoms with E-state index in [4.69, 9.17) is 26.7 Å². The molecular weight excluding hydrogens is 999 g/mol. The molecule has 0 spiro atoms. The van der Waals surface area contributed by atoms with Crippen molar-refractivity contribution in [1.82, 2.24) is 24.5 Å². The maximum atomic E-state index is 8.38. The maximum Gasteiger partial charge on any atom is 0.216 e. The Bertz CT molecular complexity index is 3310. The zero-order valence-electron chi connectivity index (χ0n) is 45.4. The molecule has 0 atom stereocenters. The van der Waals surface area contributed by atoms with Gasteiger partial charge >= 0.3 is 110 Å². The van der Waals surface area contributed by atoms with Gasteiger partial charge in [-0.05, 0) is 85.1 Å². The van der Waals surface area contributed by atoms with Crippen LogP contribution in [-0.2, 0) is 20.1 Å². The van der Waals surface area contributed by atoms with Gasteiger partial charge in [0.05, 0.1) is 28.1 Å². The van der Waals surface area contributed by atoms with Crippen molar-refractivity contribution in [3.05, 3.63) is 155 Å². The summed E-state index contributed by atoms with van der Waals surface area (Å²) >= 11 is -1.83. The fourth-order valence-corrected chi connectivity index (χ4v) is 10.0. The summed E-state index contributed by atoms with van der Waals surface area (Å²) < 4.78 is 80.8. The molecule has 6 nitrogen and oxygen atoms in total. The van der Waals surface area contributed by atoms with Crippen molar-refractivity contribution >= 4 is 50.8 Å². The minimum Gasteiger partial charge on any atom is -0.486 e. The minimum atomic E-state index is -2.51. The molecule has 0 amide bonds. The van der Waals surface area contributed by atoms with Crippen LogP contribution < -0.4 is 4.40 Å². The van der Waals surface area contributed by atoms with Gasteiger partial charge in [-0.15, -0.1) is 17.7 Å². The Morgan fingerprint density at radius 2 is 1.50 bits per heavy atom. The molecule has 8 heteroatoms. The van der Waals surface area contributed by atoms with Crippen LogP contribution in [0.3, 0.4) is 0 Å². The second-order valence-corrected chi connectivity index (χ2v) is 27.9. The number of hydrogen-bond acceptors (Lipinski definition) is 5. The fraction of sp³-hybridized carbons (Fsp3) is 0.259. The van der Waals surface area contributed by atoms with Crippen molar-refractivity contribution < 1.29 is 36.9 Å². The number of hydrogen-bond donors (Lipinski definition) is 0. The van der Waals surface area contributed by atoms with Crippen LogP contribution in [0.2, 0.25) is 17.3 Å². The second kappa shape index (κ2) is 17.9. The number of pyridine rings is 3. The Balaban J connectivity index is 0.000000296. The summed E-state index contributed by atoms with van der Waals surface area (Å²) in [4.78, 5) is 18.8. The quantitative estimate of drug-likeness (QED) is 0.117. The smallest absolute Gasteiger partial charge is 0.216 e. The first-order valence-corrected chi connectivity index (χ1v) is 28.0. The Labute approximate surface area is 395 Å². The van der Waals surface area contributed by atoms with E-state index < -0.39 is 33.8 Å². The summed E-state index contributed by atoms with van der Waals surface area (Å²) in [5, 5.41) is 0.735. The molecule has 0 aliphatic carbocycles. The number of fused-ring (bicyclic) bond motifs is 4. The van der Waals surface area contributed by atoms with Gasteiger partial charge in [-0.2, -0.15) is 0 Å². The van der Waals surface area contributed by atoms with Crippen LogP contribution in [0.5, 0.6) is 0 Å². The molecule has 317 valence electrons. The molecule has 0 N–H and O–H groups in total. The number of benzene rings is 4. The summed E-state index contributed by atoms with van der Waals surface area (Å²) in [6.07, 6.45) is 1.95. The first kappa shape index (κ1) is 34.3. The Morgan fingerprint density at radius 1 is 0.742 bits per heavy atom. The summed E-state index contributed by atoms with van der Waals surface area (Å²) in [6.45, 7) is 5.54. The van der Waals surface area contributed by atoms with Gasteiger partial charge in [0.1, 0.15) is 0 Å². The second-order valence-electron chi connectivity index (χ2n) is 17.3. The molecule has 0 bridgehead atoms.